The van der Waals surface area contributed by atoms with Crippen molar-refractivity contribution in [3.63, 3.8) is 0 Å². The van der Waals surface area contributed by atoms with Crippen LogP contribution in [0.2, 0.25) is 0 Å². The minimum atomic E-state index is 0.540. The molecule has 0 aliphatic carbocycles. The lowest BCUT2D eigenvalue weighted by Crippen LogP contribution is -2.08. The molecule has 0 N–H and O–H groups in total. The summed E-state index contributed by atoms with van der Waals surface area (Å²) >= 11 is 0. The van der Waals surface area contributed by atoms with Crippen molar-refractivity contribution in [1.29, 1.82) is 0 Å². The molecule has 0 spiro atoms. The first-order valence-corrected chi connectivity index (χ1v) is 21.3. The molecular weight excluding hydrogens is 769 g/mol. The Morgan fingerprint density at radius 1 is 0.254 bits per heavy atom. The van der Waals surface area contributed by atoms with Gasteiger partial charge in [-0.25, -0.2) is 4.98 Å². The second kappa shape index (κ2) is 14.0. The van der Waals surface area contributed by atoms with E-state index in [-0.39, 0.29) is 0 Å². The van der Waals surface area contributed by atoms with Gasteiger partial charge in [-0.05, 0) is 53.6 Å². The molecule has 0 radical (unpaired) electrons. The lowest BCUT2D eigenvalue weighted by molar-refractivity contribution is 0.949. The molecule has 9 aromatic carbocycles. The van der Waals surface area contributed by atoms with E-state index < -0.39 is 0 Å². The predicted molar refractivity (Wildman–Crippen MR) is 259 cm³/mol. The highest BCUT2D eigenvalue weighted by Crippen LogP contribution is 2.43. The Morgan fingerprint density at radius 2 is 0.635 bits per heavy atom. The van der Waals surface area contributed by atoms with Crippen LogP contribution in [-0.2, 0) is 0 Å². The summed E-state index contributed by atoms with van der Waals surface area (Å²) in [6.07, 6.45) is 0. The van der Waals surface area contributed by atoms with Crippen molar-refractivity contribution in [3.8, 4) is 51.2 Å². The molecule has 6 heteroatoms. The van der Waals surface area contributed by atoms with Gasteiger partial charge in [0, 0.05) is 43.4 Å². The van der Waals surface area contributed by atoms with Gasteiger partial charge in [0.25, 0.3) is 0 Å². The Morgan fingerprint density at radius 3 is 1.19 bits per heavy atom. The Balaban J connectivity index is 1.16. The monoisotopic (exact) mass is 804 g/mol. The molecule has 0 bridgehead atoms. The van der Waals surface area contributed by atoms with Gasteiger partial charge in [0.05, 0.1) is 44.5 Å². The van der Waals surface area contributed by atoms with Crippen molar-refractivity contribution in [2.24, 2.45) is 0 Å². The maximum Gasteiger partial charge on any atom is 0.238 e. The highest BCUT2D eigenvalue weighted by Gasteiger charge is 2.25. The third-order valence-corrected chi connectivity index (χ3v) is 12.5. The minimum absolute atomic E-state index is 0.540. The zero-order valence-corrected chi connectivity index (χ0v) is 34.0. The Labute approximate surface area is 362 Å². The normalized spacial score (nSPS) is 11.8. The second-order valence-electron chi connectivity index (χ2n) is 16.0. The van der Waals surface area contributed by atoms with E-state index >= 15 is 0 Å². The summed E-state index contributed by atoms with van der Waals surface area (Å²) in [5.74, 6) is 1.74. The van der Waals surface area contributed by atoms with E-state index in [1.807, 2.05) is 24.3 Å². The van der Waals surface area contributed by atoms with Crippen LogP contribution in [0.3, 0.4) is 0 Å². The minimum Gasteiger partial charge on any atom is -0.309 e. The van der Waals surface area contributed by atoms with Gasteiger partial charge in [-0.2, -0.15) is 9.97 Å². The smallest absolute Gasteiger partial charge is 0.238 e. The number of benzene rings is 9. The lowest BCUT2D eigenvalue weighted by Gasteiger charge is -2.15. The number of para-hydroxylation sites is 5. The van der Waals surface area contributed by atoms with Crippen molar-refractivity contribution >= 4 is 65.4 Å². The van der Waals surface area contributed by atoms with Gasteiger partial charge in [-0.1, -0.05) is 176 Å². The van der Waals surface area contributed by atoms with E-state index in [0.717, 1.165) is 77.5 Å². The molecular formula is C57H36N6. The largest absolute Gasteiger partial charge is 0.309 e. The first-order chi connectivity index (χ1) is 31.3. The molecule has 4 heterocycles. The third-order valence-electron chi connectivity index (χ3n) is 12.5. The second-order valence-corrected chi connectivity index (χ2v) is 16.0. The molecule has 6 nitrogen and oxygen atoms in total. The first-order valence-electron chi connectivity index (χ1n) is 21.3. The molecule has 4 aromatic heterocycles. The van der Waals surface area contributed by atoms with Gasteiger partial charge in [0.1, 0.15) is 0 Å². The molecule has 0 saturated heterocycles. The Kier molecular flexibility index (Phi) is 7.80. The highest BCUT2D eigenvalue weighted by molar-refractivity contribution is 6.19. The zero-order valence-electron chi connectivity index (χ0n) is 34.0. The third kappa shape index (κ3) is 5.41. The molecule has 294 valence electrons. The van der Waals surface area contributed by atoms with Crippen LogP contribution >= 0.6 is 0 Å². The van der Waals surface area contributed by atoms with Gasteiger partial charge in [0.2, 0.25) is 5.95 Å². The van der Waals surface area contributed by atoms with Gasteiger partial charge in [0.15, 0.2) is 11.6 Å². The van der Waals surface area contributed by atoms with Crippen molar-refractivity contribution < 1.29 is 0 Å². The molecule has 0 fully saturated rings. The van der Waals surface area contributed by atoms with Crippen LogP contribution in [0, 0.1) is 0 Å². The van der Waals surface area contributed by atoms with Crippen molar-refractivity contribution in [1.82, 2.24) is 28.7 Å². The predicted octanol–water partition coefficient (Wildman–Crippen LogP) is 14.2. The maximum absolute atomic E-state index is 5.44. The molecule has 0 unspecified atom stereocenters. The van der Waals surface area contributed by atoms with Crippen LogP contribution < -0.4 is 0 Å². The summed E-state index contributed by atoms with van der Waals surface area (Å²) in [5.41, 5.74) is 12.8. The van der Waals surface area contributed by atoms with Crippen LogP contribution in [-0.4, -0.2) is 28.7 Å². The molecule has 0 amide bonds. The molecule has 0 aliphatic rings. The summed E-state index contributed by atoms with van der Waals surface area (Å²) in [7, 11) is 0. The van der Waals surface area contributed by atoms with Crippen LogP contribution in [0.5, 0.6) is 0 Å². The first kappa shape index (κ1) is 35.2. The standard InChI is InChI=1S/C57H36N6/c1-3-17-37(18-4-1)38-33-35-40(36-34-38)56-58-55(39-19-5-2-6-20-39)59-57(60-56)63-51-31-16-30-50(61-46-26-11-7-21-41(46)42-22-8-12-27-47(42)61)53(51)45-25-15-32-52(54(45)63)62-48-28-13-9-23-43(48)44-24-10-14-29-49(44)62/h1-36H. The molecule has 0 saturated carbocycles. The fourth-order valence-corrected chi connectivity index (χ4v) is 9.77. The zero-order chi connectivity index (χ0) is 41.4. The average molecular weight is 805 g/mol. The summed E-state index contributed by atoms with van der Waals surface area (Å²) in [5, 5.41) is 7.03. The van der Waals surface area contributed by atoms with Gasteiger partial charge in [-0.3, -0.25) is 4.57 Å². The quantitative estimate of drug-likeness (QED) is 0.168. The molecule has 63 heavy (non-hydrogen) atoms. The maximum atomic E-state index is 5.44. The summed E-state index contributed by atoms with van der Waals surface area (Å²) in [6.45, 7) is 0. The van der Waals surface area contributed by atoms with Crippen molar-refractivity contribution in [2.45, 2.75) is 0 Å². The van der Waals surface area contributed by atoms with E-state index in [1.54, 1.807) is 0 Å². The number of nitrogens with zero attached hydrogens (tertiary/aromatic N) is 6. The highest BCUT2D eigenvalue weighted by atomic mass is 15.2. The number of aromatic nitrogens is 6. The fourth-order valence-electron chi connectivity index (χ4n) is 9.77. The molecule has 13 rings (SSSR count). The van der Waals surface area contributed by atoms with Gasteiger partial charge >= 0.3 is 0 Å². The van der Waals surface area contributed by atoms with Gasteiger partial charge < -0.3 is 9.13 Å². The number of hydrogen-bond donors (Lipinski definition) is 0. The summed E-state index contributed by atoms with van der Waals surface area (Å²) in [6, 6.07) is 77.3. The van der Waals surface area contributed by atoms with E-state index in [0.29, 0.717) is 17.6 Å². The van der Waals surface area contributed by atoms with Crippen LogP contribution in [0.4, 0.5) is 0 Å². The van der Waals surface area contributed by atoms with Crippen LogP contribution in [0.15, 0.2) is 218 Å². The van der Waals surface area contributed by atoms with Crippen LogP contribution in [0.25, 0.3) is 117 Å². The number of hydrogen-bond acceptors (Lipinski definition) is 3. The van der Waals surface area contributed by atoms with Crippen molar-refractivity contribution in [3.05, 3.63) is 218 Å². The number of fused-ring (bicyclic) bond motifs is 9. The van der Waals surface area contributed by atoms with Gasteiger partial charge in [-0.15, -0.1) is 0 Å². The molecule has 13 aromatic rings. The summed E-state index contributed by atoms with van der Waals surface area (Å²) in [4.78, 5) is 16.0. The van der Waals surface area contributed by atoms with E-state index in [4.69, 9.17) is 15.0 Å². The average Bonchev–Trinajstić information content (AvgIpc) is 4.01. The fraction of sp³-hybridized carbons (Fsp3) is 0. The Bertz CT molecular complexity index is 3790. The van der Waals surface area contributed by atoms with E-state index in [9.17, 15) is 0 Å². The van der Waals surface area contributed by atoms with E-state index in [2.05, 4.69) is 208 Å². The van der Waals surface area contributed by atoms with Crippen LogP contribution in [0.1, 0.15) is 0 Å². The topological polar surface area (TPSA) is 53.5 Å². The SMILES string of the molecule is c1ccc(-c2ccc(-c3nc(-c4ccccc4)nc(-n4c5cccc(-n6c7ccccc7c7ccccc76)c5c5cccc(-n6c7ccccc7c7ccccc76)c54)n3)cc2)cc1. The lowest BCUT2D eigenvalue weighted by atomic mass is 10.0. The van der Waals surface area contributed by atoms with E-state index in [1.165, 1.54) is 21.5 Å². The number of rotatable bonds is 6. The molecule has 0 aliphatic heterocycles. The summed E-state index contributed by atoms with van der Waals surface area (Å²) < 4.78 is 7.11. The Hall–Kier alpha value is -8.61. The van der Waals surface area contributed by atoms with Crippen molar-refractivity contribution in [2.75, 3.05) is 0 Å². The molecule has 0 atom stereocenters.